The molecule has 8 rings (SSSR count). The maximum Gasteiger partial charge on any atom is 0.351 e. The fourth-order valence-corrected chi connectivity index (χ4v) is 9.64. The molecule has 6 heterocycles. The molecule has 0 amide bonds. The third-order valence-electron chi connectivity index (χ3n) is 11.2. The topological polar surface area (TPSA) is 239 Å². The Balaban J connectivity index is 1.08. The Kier molecular flexibility index (Phi) is 13.6. The minimum absolute atomic E-state index is 0.00506. The molecule has 2 aliphatic heterocycles. The Hall–Kier alpha value is -7.16. The lowest BCUT2D eigenvalue weighted by Crippen LogP contribution is -2.58. The quantitative estimate of drug-likeness (QED) is 0.0556. The summed E-state index contributed by atoms with van der Waals surface area (Å²) in [6.45, 7) is 6.38. The van der Waals surface area contributed by atoms with E-state index in [4.69, 9.17) is 20.9 Å². The highest BCUT2D eigenvalue weighted by molar-refractivity contribution is 9.11. The second-order valence-electron chi connectivity index (χ2n) is 15.7. The molecule has 0 bridgehead atoms. The molecule has 0 radical (unpaired) electrons. The van der Waals surface area contributed by atoms with E-state index in [1.807, 2.05) is 13.8 Å². The first-order chi connectivity index (χ1) is 33.2. The molecule has 0 unspecified atom stereocenters. The van der Waals surface area contributed by atoms with Crippen molar-refractivity contribution in [2.24, 2.45) is 0 Å². The highest BCUT2D eigenvalue weighted by Gasteiger charge is 2.35. The number of ether oxygens (including phenoxy) is 2. The van der Waals surface area contributed by atoms with Gasteiger partial charge in [-0.25, -0.2) is 55.5 Å². The van der Waals surface area contributed by atoms with Gasteiger partial charge >= 0.3 is 23.9 Å². The Morgan fingerprint density at radius 3 is 1.33 bits per heavy atom. The summed E-state index contributed by atoms with van der Waals surface area (Å²) in [6, 6.07) is 2.27. The molecular formula is C44H34Br2F6N10O8. The summed E-state index contributed by atoms with van der Waals surface area (Å²) in [5, 5.41) is 5.29. The van der Waals surface area contributed by atoms with Crippen molar-refractivity contribution in [3.63, 3.8) is 0 Å². The van der Waals surface area contributed by atoms with Gasteiger partial charge in [-0.05, 0) is 57.1 Å². The van der Waals surface area contributed by atoms with Gasteiger partial charge in [0, 0.05) is 74.9 Å². The zero-order chi connectivity index (χ0) is 50.6. The van der Waals surface area contributed by atoms with Crippen molar-refractivity contribution < 1.29 is 55.0 Å². The Morgan fingerprint density at radius 2 is 0.986 bits per heavy atom. The lowest BCUT2D eigenvalue weighted by Gasteiger charge is -2.42. The van der Waals surface area contributed by atoms with Crippen LogP contribution in [0.5, 0.6) is 0 Å². The van der Waals surface area contributed by atoms with E-state index in [0.717, 1.165) is 21.3 Å². The number of anilines is 4. The van der Waals surface area contributed by atoms with E-state index < -0.39 is 115 Å². The zero-order valence-electron chi connectivity index (χ0n) is 36.1. The van der Waals surface area contributed by atoms with E-state index in [0.29, 0.717) is 63.8 Å². The smallest absolute Gasteiger partial charge is 0.351 e. The van der Waals surface area contributed by atoms with Crippen molar-refractivity contribution in [3.05, 3.63) is 124 Å². The second kappa shape index (κ2) is 19.3. The lowest BCUT2D eigenvalue weighted by atomic mass is 10.0. The minimum Gasteiger partial charge on any atom is -0.386 e. The number of aromatic nitrogens is 4. The molecule has 6 aromatic rings. The van der Waals surface area contributed by atoms with Gasteiger partial charge in [-0.1, -0.05) is 13.8 Å². The molecule has 26 heteroatoms. The van der Waals surface area contributed by atoms with Crippen molar-refractivity contribution in [3.8, 4) is 11.6 Å². The number of pyridine rings is 4. The number of benzene rings is 2. The van der Waals surface area contributed by atoms with Gasteiger partial charge in [-0.3, -0.25) is 18.7 Å². The fourth-order valence-electron chi connectivity index (χ4n) is 7.95. The molecule has 18 nitrogen and oxygen atoms in total. The number of carbonyl (C=O) groups is 4. The SMILES string of the molecule is CCNC1CN(c2c(F)cc3c(=O)c(C(=O)OC(=O)/C=C\C(=O)OC(=O)c4cn(-c5nc(N)c(F)cc5F)c5c(Br)c(N6CC(NCC)C6)c(F)cc5c4=O)cn(-c4nc(N)c(F)cc4F)c3c2Br)C1. The summed E-state index contributed by atoms with van der Waals surface area (Å²) in [6.07, 6.45) is 1.93. The fraction of sp³-hybridized carbons (Fsp3) is 0.227. The average Bonchev–Trinajstić information content (AvgIpc) is 3.27. The zero-order valence-corrected chi connectivity index (χ0v) is 39.3. The van der Waals surface area contributed by atoms with Crippen LogP contribution in [0.25, 0.3) is 33.4 Å². The third kappa shape index (κ3) is 8.97. The highest BCUT2D eigenvalue weighted by Crippen LogP contribution is 2.41. The van der Waals surface area contributed by atoms with E-state index in [9.17, 15) is 37.5 Å². The van der Waals surface area contributed by atoms with E-state index in [-0.39, 0.29) is 55.6 Å². The number of likely N-dealkylation sites (N-methyl/N-ethyl adjacent to an activating group) is 2. The van der Waals surface area contributed by atoms with Crippen LogP contribution in [0.3, 0.4) is 0 Å². The molecule has 0 saturated carbocycles. The first-order valence-electron chi connectivity index (χ1n) is 20.8. The van der Waals surface area contributed by atoms with Crippen LogP contribution in [0.2, 0.25) is 0 Å². The van der Waals surface area contributed by atoms with Crippen LogP contribution in [0.4, 0.5) is 49.4 Å². The summed E-state index contributed by atoms with van der Waals surface area (Å²) < 4.78 is 102. The van der Waals surface area contributed by atoms with Gasteiger partial charge in [-0.15, -0.1) is 0 Å². The van der Waals surface area contributed by atoms with Crippen LogP contribution in [0, 0.1) is 34.9 Å². The summed E-state index contributed by atoms with van der Waals surface area (Å²) in [5.41, 5.74) is 6.23. The number of halogens is 8. The summed E-state index contributed by atoms with van der Waals surface area (Å²) in [7, 11) is 0. The van der Waals surface area contributed by atoms with Crippen molar-refractivity contribution in [2.45, 2.75) is 25.9 Å². The first-order valence-corrected chi connectivity index (χ1v) is 22.4. The van der Waals surface area contributed by atoms with Gasteiger partial charge in [-0.2, -0.15) is 0 Å². The van der Waals surface area contributed by atoms with Crippen molar-refractivity contribution >= 4 is 101 Å². The number of nitrogens with two attached hydrogens (primary N) is 2. The van der Waals surface area contributed by atoms with Gasteiger partial charge in [0.1, 0.15) is 22.8 Å². The number of rotatable bonds is 12. The predicted octanol–water partition coefficient (Wildman–Crippen LogP) is 4.83. The van der Waals surface area contributed by atoms with E-state index in [2.05, 4.69) is 52.5 Å². The van der Waals surface area contributed by atoms with Crippen LogP contribution in [0.15, 0.2) is 67.3 Å². The normalized spacial score (nSPS) is 14.1. The number of hydrogen-bond acceptors (Lipinski definition) is 16. The molecule has 364 valence electrons. The molecule has 2 aromatic carbocycles. The molecule has 2 saturated heterocycles. The summed E-state index contributed by atoms with van der Waals surface area (Å²) >= 11 is 6.59. The number of nitrogens with zero attached hydrogens (tertiary/aromatic N) is 6. The Labute approximate surface area is 406 Å². The van der Waals surface area contributed by atoms with Crippen LogP contribution < -0.4 is 42.8 Å². The maximum absolute atomic E-state index is 15.8. The minimum atomic E-state index is -1.72. The largest absolute Gasteiger partial charge is 0.386 e. The monoisotopic (exact) mass is 1100 g/mol. The molecule has 2 fully saturated rings. The van der Waals surface area contributed by atoms with Gasteiger partial charge < -0.3 is 41.4 Å². The van der Waals surface area contributed by atoms with Crippen LogP contribution >= 0.6 is 31.9 Å². The maximum atomic E-state index is 15.8. The number of esters is 4. The third-order valence-corrected chi connectivity index (χ3v) is 12.7. The number of fused-ring (bicyclic) bond motifs is 2. The lowest BCUT2D eigenvalue weighted by molar-refractivity contribution is -0.135. The molecular weight excluding hydrogens is 1070 g/mol. The van der Waals surface area contributed by atoms with Gasteiger partial charge in [0.2, 0.25) is 10.9 Å². The van der Waals surface area contributed by atoms with E-state index in [1.165, 1.54) is 0 Å². The van der Waals surface area contributed by atoms with Crippen molar-refractivity contribution in [1.82, 2.24) is 29.7 Å². The first kappa shape index (κ1) is 49.3. The van der Waals surface area contributed by atoms with Gasteiger partial charge in [0.25, 0.3) is 0 Å². The summed E-state index contributed by atoms with van der Waals surface area (Å²) in [5.74, 6) is -16.9. The molecule has 6 N–H and O–H groups in total. The standard InChI is InChI=1S/C44H34Br2F6N10O8/c1-3-55-17-11-59(12-17)35-23(47)7-19-33(31(35)45)61(41-27(51)9-25(49)39(53)57-41)15-21(37(19)65)43(67)69-29(63)5-6-30(64)70-44(68)22-16-62(42-28(52)10-26(50)40(54)58-42)34-20(38(22)66)8-24(48)36(32(34)46)60-13-18(14-60)56-4-2/h5-10,15-18,55-56H,3-4,11-14H2,1-2H3,(H2,53,57)(H2,54,58)/b6-5-. The number of nitrogen functional groups attached to an aromatic ring is 2. The van der Waals surface area contributed by atoms with Crippen LogP contribution in [-0.2, 0) is 19.1 Å². The van der Waals surface area contributed by atoms with E-state index >= 15 is 17.6 Å². The second-order valence-corrected chi connectivity index (χ2v) is 17.3. The molecule has 4 aromatic heterocycles. The van der Waals surface area contributed by atoms with E-state index in [1.54, 1.807) is 9.80 Å². The highest BCUT2D eigenvalue weighted by atomic mass is 79.9. The molecule has 0 spiro atoms. The predicted molar refractivity (Wildman–Crippen MR) is 248 cm³/mol. The molecule has 2 aliphatic rings. The van der Waals surface area contributed by atoms with Gasteiger partial charge in [0.05, 0.1) is 42.1 Å². The number of nitrogens with one attached hydrogen (secondary N) is 2. The Bertz CT molecular complexity index is 3180. The molecule has 0 aliphatic carbocycles. The van der Waals surface area contributed by atoms with Crippen molar-refractivity contribution in [1.29, 1.82) is 0 Å². The number of hydrogen-bond donors (Lipinski definition) is 4. The Morgan fingerprint density at radius 1 is 0.629 bits per heavy atom. The molecule has 0 atom stereocenters. The summed E-state index contributed by atoms with van der Waals surface area (Å²) in [4.78, 5) is 90.9. The average molecular weight is 1100 g/mol. The molecule has 70 heavy (non-hydrogen) atoms. The van der Waals surface area contributed by atoms with Crippen molar-refractivity contribution in [2.75, 3.05) is 60.5 Å². The van der Waals surface area contributed by atoms with Gasteiger partial charge in [0.15, 0.2) is 46.5 Å². The number of carbonyl (C=O) groups excluding carboxylic acids is 4. The van der Waals surface area contributed by atoms with Crippen LogP contribution in [-0.4, -0.2) is 94.3 Å². The van der Waals surface area contributed by atoms with Crippen LogP contribution in [0.1, 0.15) is 34.6 Å².